The summed E-state index contributed by atoms with van der Waals surface area (Å²) in [5, 5.41) is -6.45. The highest BCUT2D eigenvalue weighted by Crippen LogP contribution is 2.48. The molecule has 57 heavy (non-hydrogen) atoms. The van der Waals surface area contributed by atoms with Crippen LogP contribution in [0.1, 0.15) is 42.5 Å². The first-order valence-electron chi connectivity index (χ1n) is 32.7. The monoisotopic (exact) mass is 751 g/mol. The quantitative estimate of drug-likeness (QED) is 0.163. The molecule has 1 heterocycles. The molecular formula is C56H32O. The van der Waals surface area contributed by atoms with Gasteiger partial charge >= 0.3 is 0 Å². The Morgan fingerprint density at radius 1 is 0.281 bits per heavy atom. The van der Waals surface area contributed by atoms with E-state index >= 15 is 0 Å². The van der Waals surface area contributed by atoms with Crippen LogP contribution in [0.2, 0.25) is 0 Å². The molecule has 0 bridgehead atoms. The number of benzene rings is 12. The number of hydrogen-bond donors (Lipinski definition) is 0. The average Bonchev–Trinajstić information content (AvgIpc) is 1.00. The summed E-state index contributed by atoms with van der Waals surface area (Å²) in [4.78, 5) is 0. The van der Waals surface area contributed by atoms with E-state index in [4.69, 9.17) is 26.3 Å². The average molecular weight is 752 g/mol. The minimum absolute atomic E-state index is 0.253. The summed E-state index contributed by atoms with van der Waals surface area (Å²) < 4.78 is 293. The van der Waals surface area contributed by atoms with E-state index in [0.717, 1.165) is 6.07 Å². The SMILES string of the molecule is [2H]c1cc2c([2H])c([2H])c3c([2H])c([2H])c([2H])c4c([2H])c([2H])c(c1-c1c([2H])c(-c5c([2H])c([2H])c([2H])c([2H])c5[2H])c5oc6c(-c7c([2H])c([2H])c([2H])c([2H])c7[2H])c([2H])c(-c7c([2H])c([2H])c8c([2H])c([2H])c9c([2H])c([2H])c([2H])c%10c([2H])c([2H])c7c8c9%10)c([2H])c6c5c1[2H])c2c34. The predicted octanol–water partition coefficient (Wildman–Crippen LogP) is 16.0. The lowest BCUT2D eigenvalue weighted by Crippen LogP contribution is -1.89. The van der Waals surface area contributed by atoms with Crippen molar-refractivity contribution in [2.45, 2.75) is 0 Å². The lowest BCUT2D eigenvalue weighted by Gasteiger charge is -2.15. The Morgan fingerprint density at radius 2 is 0.702 bits per heavy atom. The van der Waals surface area contributed by atoms with Gasteiger partial charge in [0.05, 0.1) is 42.5 Å². The number of fused-ring (bicyclic) bond motifs is 3. The third-order valence-electron chi connectivity index (χ3n) is 10.1. The van der Waals surface area contributed by atoms with E-state index < -0.39 is 297 Å². The van der Waals surface area contributed by atoms with Gasteiger partial charge in [-0.2, -0.15) is 0 Å². The highest BCUT2D eigenvalue weighted by Gasteiger charge is 2.22. The number of rotatable bonds is 4. The summed E-state index contributed by atoms with van der Waals surface area (Å²) in [6.45, 7) is 0. The predicted molar refractivity (Wildman–Crippen MR) is 243 cm³/mol. The fraction of sp³-hybridized carbons (Fsp3) is 0. The molecule has 0 fully saturated rings. The maximum Gasteiger partial charge on any atom is 0.143 e. The van der Waals surface area contributed by atoms with Crippen LogP contribution in [0, 0.1) is 0 Å². The van der Waals surface area contributed by atoms with Crippen LogP contribution in [-0.2, 0) is 0 Å². The van der Waals surface area contributed by atoms with Gasteiger partial charge in [0, 0.05) is 21.9 Å². The van der Waals surface area contributed by atoms with Gasteiger partial charge in [-0.15, -0.1) is 0 Å². The molecule has 0 amide bonds. The van der Waals surface area contributed by atoms with Crippen molar-refractivity contribution in [1.29, 1.82) is 0 Å². The minimum atomic E-state index is -1.07. The van der Waals surface area contributed by atoms with E-state index in [1.165, 1.54) is 0 Å². The second-order valence-corrected chi connectivity index (χ2v) is 13.1. The Labute approximate surface area is 371 Å². The molecule has 0 aliphatic heterocycles. The molecule has 0 spiro atoms. The Balaban J connectivity index is 1.35. The lowest BCUT2D eigenvalue weighted by atomic mass is 9.87. The first-order chi connectivity index (χ1) is 41.2. The van der Waals surface area contributed by atoms with Crippen LogP contribution in [0.5, 0.6) is 0 Å². The smallest absolute Gasteiger partial charge is 0.143 e. The molecule has 0 saturated carbocycles. The van der Waals surface area contributed by atoms with Crippen molar-refractivity contribution in [2.24, 2.45) is 0 Å². The Bertz CT molecular complexity index is 5460. The molecule has 0 saturated heterocycles. The zero-order valence-corrected chi connectivity index (χ0v) is 28.5. The van der Waals surface area contributed by atoms with Crippen molar-refractivity contribution < 1.29 is 46.9 Å². The van der Waals surface area contributed by atoms with Gasteiger partial charge in [0.2, 0.25) is 0 Å². The second-order valence-electron chi connectivity index (χ2n) is 13.1. The largest absolute Gasteiger partial charge is 0.455 e. The van der Waals surface area contributed by atoms with Crippen molar-refractivity contribution in [3.8, 4) is 44.5 Å². The first-order valence-corrected chi connectivity index (χ1v) is 17.2. The summed E-state index contributed by atoms with van der Waals surface area (Å²) in [5.41, 5.74) is -8.13. The molecule has 13 aromatic rings. The molecule has 0 aliphatic carbocycles. The summed E-state index contributed by atoms with van der Waals surface area (Å²) >= 11 is 0. The molecule has 0 unspecified atom stereocenters. The van der Waals surface area contributed by atoms with Gasteiger partial charge in [0.1, 0.15) is 11.2 Å². The molecule has 0 radical (unpaired) electrons. The molecule has 13 rings (SSSR count). The van der Waals surface area contributed by atoms with Gasteiger partial charge in [-0.25, -0.2) is 0 Å². The van der Waals surface area contributed by atoms with Crippen molar-refractivity contribution in [2.75, 3.05) is 0 Å². The standard InChI is InChI=1S/C56H32O/c1-3-9-33(10-4-1)47-29-41(43-25-21-39-19-17-35-13-7-15-37-23-27-45(43)53(39)51(35)37)31-49-50-32-42(30-48(56(50)57-55(47)49)34-11-5-2-6-12-34)44-26-22-40-20-18-36-14-8-16-38-24-28-46(44)54(40)52(36)38/h1-32H/i1D,2D,3D,4D,5D,6D,7D,8D,9D,10D,11D,12D,13D,14D,15D,16D,17D,18D,19D,20D,21D,23D,24D,25D,26D,27D,28D,29D,30D,31D,32D. The fourth-order valence-electron chi connectivity index (χ4n) is 7.63. The van der Waals surface area contributed by atoms with E-state index in [9.17, 15) is 20.6 Å². The Kier molecular flexibility index (Phi) is 2.75. The third-order valence-corrected chi connectivity index (χ3v) is 10.1. The van der Waals surface area contributed by atoms with Crippen molar-refractivity contribution in [3.05, 3.63) is 193 Å². The third kappa shape index (κ3) is 4.40. The van der Waals surface area contributed by atoms with Crippen molar-refractivity contribution in [1.82, 2.24) is 0 Å². The van der Waals surface area contributed by atoms with E-state index in [-0.39, 0.29) is 21.5 Å². The molecule has 1 nitrogen and oxygen atoms in total. The number of furan rings is 1. The summed E-state index contributed by atoms with van der Waals surface area (Å²) in [7, 11) is 0. The van der Waals surface area contributed by atoms with Gasteiger partial charge in [-0.3, -0.25) is 0 Å². The maximum atomic E-state index is 10.4. The van der Waals surface area contributed by atoms with Crippen molar-refractivity contribution in [3.63, 3.8) is 0 Å². The normalized spacial score (nSPS) is 19.8. The van der Waals surface area contributed by atoms with E-state index in [1.807, 2.05) is 0 Å². The van der Waals surface area contributed by atoms with Gasteiger partial charge in [0.15, 0.2) is 0 Å². The van der Waals surface area contributed by atoms with E-state index in [2.05, 4.69) is 0 Å². The van der Waals surface area contributed by atoms with Crippen LogP contribution in [-0.4, -0.2) is 0 Å². The van der Waals surface area contributed by atoms with E-state index in [0.29, 0.717) is 0 Å². The molecule has 12 aromatic carbocycles. The topological polar surface area (TPSA) is 13.1 Å². The molecule has 0 N–H and O–H groups in total. The molecule has 1 heteroatoms. The van der Waals surface area contributed by atoms with Gasteiger partial charge in [-0.05, 0) is 122 Å². The van der Waals surface area contributed by atoms with Crippen LogP contribution in [0.25, 0.3) is 131 Å². The summed E-state index contributed by atoms with van der Waals surface area (Å²) in [6, 6.07) is -26.5. The highest BCUT2D eigenvalue weighted by atomic mass is 16.3. The minimum Gasteiger partial charge on any atom is -0.455 e. The summed E-state index contributed by atoms with van der Waals surface area (Å²) in [5.74, 6) is 0. The van der Waals surface area contributed by atoms with Crippen LogP contribution in [0.3, 0.4) is 0 Å². The van der Waals surface area contributed by atoms with E-state index in [1.54, 1.807) is 0 Å². The molecular weight excluding hydrogens is 689 g/mol. The van der Waals surface area contributed by atoms with Gasteiger partial charge in [-0.1, -0.05) is 169 Å². The van der Waals surface area contributed by atoms with Crippen LogP contribution in [0.4, 0.5) is 0 Å². The van der Waals surface area contributed by atoms with Crippen LogP contribution in [0.15, 0.2) is 198 Å². The van der Waals surface area contributed by atoms with Gasteiger partial charge in [0.25, 0.3) is 0 Å². The second kappa shape index (κ2) is 11.5. The number of hydrogen-bond acceptors (Lipinski definition) is 1. The molecule has 0 atom stereocenters. The zero-order chi connectivity index (χ0) is 64.2. The Morgan fingerprint density at radius 3 is 1.23 bits per heavy atom. The molecule has 0 aliphatic rings. The molecule has 262 valence electrons. The zero-order valence-electron chi connectivity index (χ0n) is 59.5. The van der Waals surface area contributed by atoms with Crippen LogP contribution >= 0.6 is 0 Å². The van der Waals surface area contributed by atoms with Crippen LogP contribution < -0.4 is 0 Å². The Hall–Kier alpha value is -7.48. The van der Waals surface area contributed by atoms with Gasteiger partial charge < -0.3 is 4.42 Å². The molecule has 1 aromatic heterocycles. The highest BCUT2D eigenvalue weighted by molar-refractivity contribution is 6.27. The summed E-state index contributed by atoms with van der Waals surface area (Å²) in [6.07, 6.45) is 0. The van der Waals surface area contributed by atoms with Crippen molar-refractivity contribution >= 4 is 86.6 Å². The lowest BCUT2D eigenvalue weighted by molar-refractivity contribution is 0.671. The fourth-order valence-corrected chi connectivity index (χ4v) is 7.63. The first kappa shape index (κ1) is 13.6. The maximum absolute atomic E-state index is 10.4.